The van der Waals surface area contributed by atoms with Gasteiger partial charge in [0.2, 0.25) is 10.0 Å². The Bertz CT molecular complexity index is 805. The third-order valence-electron chi connectivity index (χ3n) is 3.69. The summed E-state index contributed by atoms with van der Waals surface area (Å²) in [6, 6.07) is 13.9. The average Bonchev–Trinajstić information content (AvgIpc) is 2.59. The summed E-state index contributed by atoms with van der Waals surface area (Å²) in [5.74, 6) is -1.84. The van der Waals surface area contributed by atoms with Gasteiger partial charge in [-0.15, -0.1) is 0 Å². The van der Waals surface area contributed by atoms with Crippen LogP contribution in [0.2, 0.25) is 0 Å². The molecule has 2 atom stereocenters. The minimum Gasteiger partial charge on any atom is -0.495 e. The Kier molecular flexibility index (Phi) is 5.58. The van der Waals surface area contributed by atoms with Crippen molar-refractivity contribution in [2.45, 2.75) is 17.9 Å². The zero-order valence-corrected chi connectivity index (χ0v) is 14.2. The largest absolute Gasteiger partial charge is 0.495 e. The highest BCUT2D eigenvalue weighted by Gasteiger charge is 2.31. The van der Waals surface area contributed by atoms with Crippen LogP contribution in [-0.4, -0.2) is 26.6 Å². The summed E-state index contributed by atoms with van der Waals surface area (Å²) < 4.78 is 33.1. The maximum atomic E-state index is 12.7. The van der Waals surface area contributed by atoms with Gasteiger partial charge in [-0.3, -0.25) is 4.79 Å². The van der Waals surface area contributed by atoms with Crippen molar-refractivity contribution in [3.63, 3.8) is 0 Å². The number of hydrogen-bond acceptors (Lipinski definition) is 4. The molecule has 0 saturated carbocycles. The summed E-state index contributed by atoms with van der Waals surface area (Å²) in [6.45, 7) is 1.46. The first-order valence-corrected chi connectivity index (χ1v) is 8.78. The highest BCUT2D eigenvalue weighted by Crippen LogP contribution is 2.28. The number of carboxylic acid groups (broad SMARTS) is 1. The molecule has 0 radical (unpaired) electrons. The van der Waals surface area contributed by atoms with Crippen LogP contribution in [0, 0.1) is 5.92 Å². The van der Waals surface area contributed by atoms with Crippen LogP contribution in [-0.2, 0) is 14.8 Å². The average molecular weight is 349 g/mol. The van der Waals surface area contributed by atoms with Crippen molar-refractivity contribution in [1.29, 1.82) is 0 Å². The van der Waals surface area contributed by atoms with Crippen LogP contribution in [0.15, 0.2) is 59.5 Å². The zero-order chi connectivity index (χ0) is 17.7. The van der Waals surface area contributed by atoms with Gasteiger partial charge in [0.15, 0.2) is 0 Å². The molecule has 24 heavy (non-hydrogen) atoms. The maximum absolute atomic E-state index is 12.7. The number of sulfonamides is 1. The van der Waals surface area contributed by atoms with Gasteiger partial charge in [0.1, 0.15) is 10.6 Å². The van der Waals surface area contributed by atoms with Gasteiger partial charge in [-0.05, 0) is 17.7 Å². The molecule has 0 bridgehead atoms. The normalized spacial score (nSPS) is 13.9. The van der Waals surface area contributed by atoms with Gasteiger partial charge in [0, 0.05) is 0 Å². The second kappa shape index (κ2) is 7.46. The van der Waals surface area contributed by atoms with Crippen molar-refractivity contribution in [2.24, 2.45) is 5.92 Å². The van der Waals surface area contributed by atoms with Crippen molar-refractivity contribution in [3.05, 3.63) is 60.2 Å². The van der Waals surface area contributed by atoms with Gasteiger partial charge in [-0.1, -0.05) is 49.4 Å². The molecule has 0 amide bonds. The highest BCUT2D eigenvalue weighted by atomic mass is 32.2. The first kappa shape index (κ1) is 18.0. The lowest BCUT2D eigenvalue weighted by Crippen LogP contribution is -2.35. The third-order valence-corrected chi connectivity index (χ3v) is 5.17. The molecule has 0 aliphatic rings. The van der Waals surface area contributed by atoms with Crippen LogP contribution < -0.4 is 9.46 Å². The number of rotatable bonds is 7. The first-order chi connectivity index (χ1) is 11.4. The molecule has 0 aliphatic heterocycles. The SMILES string of the molecule is COc1ccccc1S(=O)(=O)NC(c1ccccc1)C(C)C(=O)O. The van der Waals surface area contributed by atoms with Gasteiger partial charge in [-0.25, -0.2) is 13.1 Å². The van der Waals surface area contributed by atoms with Crippen LogP contribution in [0.25, 0.3) is 0 Å². The Hall–Kier alpha value is -2.38. The monoisotopic (exact) mass is 349 g/mol. The lowest BCUT2D eigenvalue weighted by Gasteiger charge is -2.23. The molecule has 0 aliphatic carbocycles. The third kappa shape index (κ3) is 3.93. The molecule has 0 heterocycles. The lowest BCUT2D eigenvalue weighted by atomic mass is 9.96. The van der Waals surface area contributed by atoms with E-state index in [4.69, 9.17) is 4.74 Å². The van der Waals surface area contributed by atoms with Gasteiger partial charge >= 0.3 is 5.97 Å². The Morgan fingerprint density at radius 2 is 1.67 bits per heavy atom. The number of carbonyl (C=O) groups is 1. The molecule has 0 fully saturated rings. The molecule has 2 rings (SSSR count). The molecule has 128 valence electrons. The minimum atomic E-state index is -3.97. The van der Waals surface area contributed by atoms with Crippen molar-refractivity contribution in [1.82, 2.24) is 4.72 Å². The summed E-state index contributed by atoms with van der Waals surface area (Å²) in [5, 5.41) is 9.32. The van der Waals surface area contributed by atoms with E-state index in [0.717, 1.165) is 0 Å². The van der Waals surface area contributed by atoms with Gasteiger partial charge < -0.3 is 9.84 Å². The topological polar surface area (TPSA) is 92.7 Å². The van der Waals surface area contributed by atoms with Crippen molar-refractivity contribution < 1.29 is 23.1 Å². The van der Waals surface area contributed by atoms with Gasteiger partial charge in [-0.2, -0.15) is 0 Å². The zero-order valence-electron chi connectivity index (χ0n) is 13.3. The van der Waals surface area contributed by atoms with Gasteiger partial charge in [0.05, 0.1) is 19.1 Å². The van der Waals surface area contributed by atoms with Crippen LogP contribution in [0.3, 0.4) is 0 Å². The molecular weight excluding hydrogens is 330 g/mol. The predicted molar refractivity (Wildman–Crippen MR) is 89.3 cm³/mol. The number of carboxylic acids is 1. The van der Waals surface area contributed by atoms with Crippen LogP contribution in [0.4, 0.5) is 0 Å². The number of para-hydroxylation sites is 1. The van der Waals surface area contributed by atoms with E-state index in [0.29, 0.717) is 5.56 Å². The maximum Gasteiger partial charge on any atom is 0.308 e. The molecule has 2 unspecified atom stereocenters. The smallest absolute Gasteiger partial charge is 0.308 e. The molecule has 0 spiro atoms. The summed E-state index contributed by atoms with van der Waals surface area (Å²) >= 11 is 0. The Morgan fingerprint density at radius 1 is 1.08 bits per heavy atom. The summed E-state index contributed by atoms with van der Waals surface area (Å²) in [4.78, 5) is 11.4. The molecule has 2 aromatic carbocycles. The van der Waals surface area contributed by atoms with E-state index in [2.05, 4.69) is 4.72 Å². The van der Waals surface area contributed by atoms with E-state index in [1.54, 1.807) is 42.5 Å². The van der Waals surface area contributed by atoms with Crippen LogP contribution in [0.5, 0.6) is 5.75 Å². The second-order valence-corrected chi connectivity index (χ2v) is 6.97. The fourth-order valence-corrected chi connectivity index (χ4v) is 3.81. The van der Waals surface area contributed by atoms with E-state index in [-0.39, 0.29) is 10.6 Å². The second-order valence-electron chi connectivity index (χ2n) is 5.29. The number of benzene rings is 2. The summed E-state index contributed by atoms with van der Waals surface area (Å²) in [7, 11) is -2.59. The van der Waals surface area contributed by atoms with E-state index >= 15 is 0 Å². The number of nitrogens with one attached hydrogen (secondary N) is 1. The Balaban J connectivity index is 2.44. The predicted octanol–water partition coefficient (Wildman–Crippen LogP) is 2.44. The molecule has 2 N–H and O–H groups in total. The van der Waals surface area contributed by atoms with E-state index in [9.17, 15) is 18.3 Å². The Morgan fingerprint density at radius 3 is 2.25 bits per heavy atom. The van der Waals surface area contributed by atoms with Gasteiger partial charge in [0.25, 0.3) is 0 Å². The minimum absolute atomic E-state index is 0.0361. The van der Waals surface area contributed by atoms with Crippen molar-refractivity contribution >= 4 is 16.0 Å². The van der Waals surface area contributed by atoms with E-state index in [1.165, 1.54) is 26.2 Å². The fraction of sp³-hybridized carbons (Fsp3) is 0.235. The molecule has 6 nitrogen and oxygen atoms in total. The van der Waals surface area contributed by atoms with E-state index < -0.39 is 28.0 Å². The van der Waals surface area contributed by atoms with E-state index in [1.807, 2.05) is 0 Å². The molecule has 2 aromatic rings. The summed E-state index contributed by atoms with van der Waals surface area (Å²) in [5.41, 5.74) is 0.575. The van der Waals surface area contributed by atoms with Crippen molar-refractivity contribution in [3.8, 4) is 5.75 Å². The number of methoxy groups -OCH3 is 1. The van der Waals surface area contributed by atoms with Crippen molar-refractivity contribution in [2.75, 3.05) is 7.11 Å². The fourth-order valence-electron chi connectivity index (χ4n) is 2.33. The number of hydrogen-bond donors (Lipinski definition) is 2. The number of aliphatic carboxylic acids is 1. The van der Waals surface area contributed by atoms with Crippen LogP contribution in [0.1, 0.15) is 18.5 Å². The molecule has 0 aromatic heterocycles. The Labute approximate surface area is 141 Å². The lowest BCUT2D eigenvalue weighted by molar-refractivity contribution is -0.142. The standard InChI is InChI=1S/C17H19NO5S/c1-12(17(19)20)16(13-8-4-3-5-9-13)18-24(21,22)15-11-7-6-10-14(15)23-2/h3-12,16,18H,1-2H3,(H,19,20). The summed E-state index contributed by atoms with van der Waals surface area (Å²) in [6.07, 6.45) is 0. The molecule has 0 saturated heterocycles. The highest BCUT2D eigenvalue weighted by molar-refractivity contribution is 7.89. The quantitative estimate of drug-likeness (QED) is 0.801. The molecular formula is C17H19NO5S. The first-order valence-electron chi connectivity index (χ1n) is 7.30. The number of ether oxygens (including phenoxy) is 1. The van der Waals surface area contributed by atoms with Crippen LogP contribution >= 0.6 is 0 Å². The molecule has 7 heteroatoms.